The Bertz CT molecular complexity index is 1030. The average Bonchev–Trinajstić information content (AvgIpc) is 3.02. The summed E-state index contributed by atoms with van der Waals surface area (Å²) in [7, 11) is 0. The smallest absolute Gasteiger partial charge is 0.356 e. The molecule has 4 aromatic rings. The number of H-pyrrole nitrogens is 1. The number of carbonyl (C=O) groups is 1. The van der Waals surface area contributed by atoms with E-state index in [4.69, 9.17) is 4.74 Å². The molecule has 4 rings (SSSR count). The van der Waals surface area contributed by atoms with Crippen molar-refractivity contribution in [2.45, 2.75) is 6.92 Å². The number of halogens is 1. The monoisotopic (exact) mass is 356 g/mol. The maximum absolute atomic E-state index is 12.5. The molecule has 4 nitrogen and oxygen atoms in total. The van der Waals surface area contributed by atoms with Crippen molar-refractivity contribution >= 4 is 49.2 Å². The summed E-state index contributed by atoms with van der Waals surface area (Å²) in [6, 6.07) is 11.9. The van der Waals surface area contributed by atoms with Crippen LogP contribution in [0.2, 0.25) is 0 Å². The number of esters is 1. The molecule has 0 aliphatic carbocycles. The van der Waals surface area contributed by atoms with Crippen LogP contribution in [0.15, 0.2) is 47.1 Å². The van der Waals surface area contributed by atoms with Crippen molar-refractivity contribution in [3.63, 3.8) is 0 Å². The fourth-order valence-electron chi connectivity index (χ4n) is 2.96. The molecule has 5 heteroatoms. The van der Waals surface area contributed by atoms with Crippen molar-refractivity contribution < 1.29 is 9.53 Å². The van der Waals surface area contributed by atoms with Crippen LogP contribution < -0.4 is 0 Å². The second-order valence-corrected chi connectivity index (χ2v) is 6.01. The van der Waals surface area contributed by atoms with Gasteiger partial charge in [-0.2, -0.15) is 0 Å². The minimum atomic E-state index is -0.306. The van der Waals surface area contributed by atoms with Gasteiger partial charge in [-0.15, -0.1) is 0 Å². The number of nitrogens with one attached hydrogen (secondary N) is 1. The third-order valence-corrected chi connectivity index (χ3v) is 4.32. The van der Waals surface area contributed by atoms with E-state index in [1.807, 2.05) is 53.9 Å². The van der Waals surface area contributed by atoms with Gasteiger partial charge in [0.15, 0.2) is 0 Å². The number of ether oxygens (including phenoxy) is 1. The van der Waals surface area contributed by atoms with Crippen molar-refractivity contribution in [2.75, 3.05) is 6.61 Å². The molecule has 0 unspecified atom stereocenters. The predicted molar refractivity (Wildman–Crippen MR) is 90.4 cm³/mol. The number of carbonyl (C=O) groups excluding carboxylic acids is 1. The third-order valence-electron chi connectivity index (χ3n) is 3.82. The van der Waals surface area contributed by atoms with Crippen LogP contribution in [0.4, 0.5) is 0 Å². The summed E-state index contributed by atoms with van der Waals surface area (Å²) in [5.41, 5.74) is 3.49. The number of aromatic nitrogens is 2. The molecular formula is C17H13BrN2O2. The number of fused-ring (bicyclic) bond motifs is 5. The fraction of sp³-hybridized carbons (Fsp3) is 0.118. The van der Waals surface area contributed by atoms with E-state index in [1.54, 1.807) is 0 Å². The average molecular weight is 357 g/mol. The molecule has 0 spiro atoms. The molecule has 1 aromatic carbocycles. The first-order valence-electron chi connectivity index (χ1n) is 7.08. The number of rotatable bonds is 2. The van der Waals surface area contributed by atoms with Crippen LogP contribution >= 0.6 is 15.9 Å². The fourth-order valence-corrected chi connectivity index (χ4v) is 3.33. The molecule has 1 N–H and O–H groups in total. The van der Waals surface area contributed by atoms with E-state index in [0.29, 0.717) is 12.3 Å². The second kappa shape index (κ2) is 4.88. The van der Waals surface area contributed by atoms with Gasteiger partial charge in [0, 0.05) is 27.0 Å². The maximum atomic E-state index is 12.5. The lowest BCUT2D eigenvalue weighted by molar-refractivity contribution is 0.0521. The van der Waals surface area contributed by atoms with E-state index < -0.39 is 0 Å². The highest BCUT2D eigenvalue weighted by molar-refractivity contribution is 9.10. The van der Waals surface area contributed by atoms with Gasteiger partial charge in [0.2, 0.25) is 0 Å². The molecule has 0 aliphatic rings. The molecule has 0 radical (unpaired) electrons. The molecular weight excluding hydrogens is 344 g/mol. The lowest BCUT2D eigenvalue weighted by Crippen LogP contribution is -2.08. The zero-order valence-electron chi connectivity index (χ0n) is 11.9. The van der Waals surface area contributed by atoms with Crippen molar-refractivity contribution in [2.24, 2.45) is 0 Å². The molecule has 0 bridgehead atoms. The van der Waals surface area contributed by atoms with Gasteiger partial charge >= 0.3 is 5.97 Å². The lowest BCUT2D eigenvalue weighted by atomic mass is 10.1. The first-order chi connectivity index (χ1) is 10.7. The van der Waals surface area contributed by atoms with Gasteiger partial charge in [0.25, 0.3) is 0 Å². The topological polar surface area (TPSA) is 46.5 Å². The molecule has 3 aromatic heterocycles. The van der Waals surface area contributed by atoms with Gasteiger partial charge in [-0.25, -0.2) is 4.79 Å². The number of hydrogen-bond acceptors (Lipinski definition) is 2. The zero-order chi connectivity index (χ0) is 15.3. The number of benzene rings is 1. The normalized spacial score (nSPS) is 11.5. The quantitative estimate of drug-likeness (QED) is 0.537. The third kappa shape index (κ3) is 1.78. The number of nitrogens with zero attached hydrogens (tertiary/aromatic N) is 1. The maximum Gasteiger partial charge on any atom is 0.356 e. The van der Waals surface area contributed by atoms with E-state index in [-0.39, 0.29) is 5.97 Å². The Hall–Kier alpha value is -2.27. The van der Waals surface area contributed by atoms with Gasteiger partial charge in [0.1, 0.15) is 5.69 Å². The molecule has 3 heterocycles. The van der Waals surface area contributed by atoms with E-state index >= 15 is 0 Å². The highest BCUT2D eigenvalue weighted by Gasteiger charge is 2.22. The molecule has 0 atom stereocenters. The summed E-state index contributed by atoms with van der Waals surface area (Å²) in [5, 5.41) is 1.91. The van der Waals surface area contributed by atoms with Crippen molar-refractivity contribution in [1.29, 1.82) is 0 Å². The van der Waals surface area contributed by atoms with E-state index in [9.17, 15) is 4.79 Å². The van der Waals surface area contributed by atoms with Crippen LogP contribution in [0, 0.1) is 0 Å². The lowest BCUT2D eigenvalue weighted by Gasteiger charge is -2.04. The molecule has 0 saturated carbocycles. The Balaban J connectivity index is 2.22. The van der Waals surface area contributed by atoms with Crippen LogP contribution in [0.25, 0.3) is 27.3 Å². The Morgan fingerprint density at radius 3 is 3.00 bits per heavy atom. The van der Waals surface area contributed by atoms with E-state index in [1.165, 1.54) is 0 Å². The van der Waals surface area contributed by atoms with Crippen LogP contribution in [-0.2, 0) is 4.74 Å². The highest BCUT2D eigenvalue weighted by atomic mass is 79.9. The Kier molecular flexibility index (Phi) is 2.97. The molecule has 0 amide bonds. The number of aromatic amines is 1. The number of hydrogen-bond donors (Lipinski definition) is 1. The number of pyridine rings is 1. The summed E-state index contributed by atoms with van der Waals surface area (Å²) < 4.78 is 8.13. The van der Waals surface area contributed by atoms with Crippen molar-refractivity contribution in [3.05, 3.63) is 52.8 Å². The summed E-state index contributed by atoms with van der Waals surface area (Å²) in [5.74, 6) is -0.306. The van der Waals surface area contributed by atoms with Crippen LogP contribution in [0.5, 0.6) is 0 Å². The summed E-state index contributed by atoms with van der Waals surface area (Å²) in [6.07, 6.45) is 1.89. The van der Waals surface area contributed by atoms with Gasteiger partial charge in [0.05, 0.1) is 17.6 Å². The Morgan fingerprint density at radius 1 is 1.32 bits per heavy atom. The Morgan fingerprint density at radius 2 is 2.18 bits per heavy atom. The standard InChI is InChI=1S/C17H13BrN2O2/c1-2-22-17(21)16-14-11-9-10(18)6-7-12(11)19-15(14)13-5-3-4-8-20(13)16/h3-9,19H,2H2,1H3. The largest absolute Gasteiger partial charge is 0.461 e. The first kappa shape index (κ1) is 13.4. The highest BCUT2D eigenvalue weighted by Crippen LogP contribution is 2.35. The van der Waals surface area contributed by atoms with Crippen molar-refractivity contribution in [1.82, 2.24) is 9.38 Å². The summed E-state index contributed by atoms with van der Waals surface area (Å²) in [6.45, 7) is 2.17. The summed E-state index contributed by atoms with van der Waals surface area (Å²) >= 11 is 3.50. The summed E-state index contributed by atoms with van der Waals surface area (Å²) in [4.78, 5) is 15.9. The molecule has 22 heavy (non-hydrogen) atoms. The van der Waals surface area contributed by atoms with E-state index in [2.05, 4.69) is 20.9 Å². The zero-order valence-corrected chi connectivity index (χ0v) is 13.5. The molecule has 0 saturated heterocycles. The van der Waals surface area contributed by atoms with E-state index in [0.717, 1.165) is 31.8 Å². The second-order valence-electron chi connectivity index (χ2n) is 5.09. The van der Waals surface area contributed by atoms with Crippen LogP contribution in [-0.4, -0.2) is 22.0 Å². The minimum Gasteiger partial charge on any atom is -0.461 e. The molecule has 0 fully saturated rings. The predicted octanol–water partition coefficient (Wildman–Crippen LogP) is 4.51. The van der Waals surface area contributed by atoms with Gasteiger partial charge in [-0.05, 0) is 37.3 Å². The SMILES string of the molecule is CCOC(=O)c1c2c3cc(Br)ccc3[nH]c2c2ccccn12. The van der Waals surface area contributed by atoms with Crippen molar-refractivity contribution in [3.8, 4) is 0 Å². The molecule has 110 valence electrons. The van der Waals surface area contributed by atoms with Crippen LogP contribution in [0.1, 0.15) is 17.4 Å². The minimum absolute atomic E-state index is 0.306. The molecule has 0 aliphatic heterocycles. The van der Waals surface area contributed by atoms with Gasteiger partial charge in [-0.3, -0.25) is 0 Å². The van der Waals surface area contributed by atoms with Gasteiger partial charge in [-0.1, -0.05) is 22.0 Å². The Labute approximate surface area is 134 Å². The van der Waals surface area contributed by atoms with Gasteiger partial charge < -0.3 is 14.1 Å². The van der Waals surface area contributed by atoms with Crippen LogP contribution in [0.3, 0.4) is 0 Å². The first-order valence-corrected chi connectivity index (χ1v) is 7.87.